The van der Waals surface area contributed by atoms with Crippen molar-refractivity contribution in [2.75, 3.05) is 18.4 Å². The molecule has 1 aliphatic heterocycles. The molecule has 0 atom stereocenters. The van der Waals surface area contributed by atoms with E-state index in [4.69, 9.17) is 4.99 Å². The molecule has 1 aromatic heterocycles. The molecule has 0 unspecified atom stereocenters. The van der Waals surface area contributed by atoms with E-state index in [1.807, 2.05) is 48.5 Å². The van der Waals surface area contributed by atoms with Crippen LogP contribution in [0.4, 0.5) is 5.69 Å². The van der Waals surface area contributed by atoms with Crippen LogP contribution in [-0.4, -0.2) is 27.3 Å². The summed E-state index contributed by atoms with van der Waals surface area (Å²) in [6.45, 7) is 18.3. The third-order valence-electron chi connectivity index (χ3n) is 11.7. The zero-order valence-corrected chi connectivity index (χ0v) is 36.2. The molecule has 0 saturated carbocycles. The first-order valence-corrected chi connectivity index (χ1v) is 21.8. The molecule has 3 aromatic carbocycles. The fourth-order valence-electron chi connectivity index (χ4n) is 8.24. The quantitative estimate of drug-likeness (QED) is 0.0708. The van der Waals surface area contributed by atoms with Crippen molar-refractivity contribution in [1.29, 1.82) is 0 Å². The van der Waals surface area contributed by atoms with Crippen molar-refractivity contribution in [2.24, 2.45) is 4.99 Å². The molecule has 0 amide bonds. The van der Waals surface area contributed by atoms with E-state index in [0.717, 1.165) is 49.7 Å². The summed E-state index contributed by atoms with van der Waals surface area (Å²) < 4.78 is 2.61. The summed E-state index contributed by atoms with van der Waals surface area (Å²) in [5, 5.41) is 17.6. The van der Waals surface area contributed by atoms with Crippen molar-refractivity contribution < 1.29 is 5.11 Å². The van der Waals surface area contributed by atoms with Gasteiger partial charge in [0, 0.05) is 35.1 Å². The van der Waals surface area contributed by atoms with E-state index in [1.165, 1.54) is 47.7 Å². The number of hydrogen-bond donors (Lipinski definition) is 2. The number of aromatic hydroxyl groups is 1. The van der Waals surface area contributed by atoms with Crippen LogP contribution in [0.1, 0.15) is 144 Å². The molecule has 58 heavy (non-hydrogen) atoms. The highest BCUT2D eigenvalue weighted by atomic mass is 16.3. The van der Waals surface area contributed by atoms with Gasteiger partial charge in [0.2, 0.25) is 5.88 Å². The van der Waals surface area contributed by atoms with E-state index in [2.05, 4.69) is 60.7 Å². The lowest BCUT2D eigenvalue weighted by Crippen LogP contribution is -2.36. The molecule has 308 valence electrons. The minimum Gasteiger partial charge on any atom is -0.494 e. The van der Waals surface area contributed by atoms with Crippen molar-refractivity contribution in [3.8, 4) is 28.4 Å². The number of hydrogen-bond acceptors (Lipinski definition) is 6. The van der Waals surface area contributed by atoms with Gasteiger partial charge in [0.05, 0.1) is 33.1 Å². The number of unbranched alkanes of at least 4 members (excludes halogenated alkanes) is 10. The second kappa shape index (κ2) is 17.9. The van der Waals surface area contributed by atoms with Gasteiger partial charge in [-0.2, -0.15) is 0 Å². The maximum Gasteiger partial charge on any atom is 0.268 e. The summed E-state index contributed by atoms with van der Waals surface area (Å²) in [6, 6.07) is 18.8. The number of nitrogens with one attached hydrogen (secondary N) is 1. The average Bonchev–Trinajstić information content (AvgIpc) is 3.18. The standard InChI is InChI=1S/C50H64N4O4/c1-9-11-13-15-17-19-29-51-39-31-37-42-41-38(46(56)53(47(57)43(39)41)35-25-21-33(22-26-35)49(3,4)5)32-40(52-30-20-18-16-14-12-10-2)44(42)48(58)54(45(37)55)36-27-23-34(24-28-36)50(6,7)8/h21-28,31-32,51,55H,9-20,29-30H2,1-8H3. The van der Waals surface area contributed by atoms with Crippen LogP contribution in [-0.2, 0) is 10.8 Å². The molecule has 6 rings (SSSR count). The highest BCUT2D eigenvalue weighted by molar-refractivity contribution is 6.19. The lowest BCUT2D eigenvalue weighted by Gasteiger charge is -2.23. The second-order valence-electron chi connectivity index (χ2n) is 18.3. The van der Waals surface area contributed by atoms with Gasteiger partial charge in [-0.1, -0.05) is 144 Å². The van der Waals surface area contributed by atoms with Gasteiger partial charge in [-0.15, -0.1) is 0 Å². The van der Waals surface area contributed by atoms with E-state index in [9.17, 15) is 19.5 Å². The van der Waals surface area contributed by atoms with Gasteiger partial charge < -0.3 is 10.4 Å². The Balaban J connectivity index is 1.64. The third kappa shape index (κ3) is 8.72. The van der Waals surface area contributed by atoms with E-state index in [0.29, 0.717) is 68.2 Å². The molecule has 2 aliphatic rings. The number of rotatable bonds is 17. The minimum absolute atomic E-state index is 0.101. The van der Waals surface area contributed by atoms with Crippen LogP contribution < -0.4 is 27.4 Å². The lowest BCUT2D eigenvalue weighted by molar-refractivity contribution is 0.443. The fourth-order valence-corrected chi connectivity index (χ4v) is 8.24. The third-order valence-corrected chi connectivity index (χ3v) is 11.7. The monoisotopic (exact) mass is 784 g/mol. The smallest absolute Gasteiger partial charge is 0.268 e. The average molecular weight is 785 g/mol. The van der Waals surface area contributed by atoms with Gasteiger partial charge in [-0.3, -0.25) is 19.4 Å². The maximum absolute atomic E-state index is 14.9. The van der Waals surface area contributed by atoms with E-state index >= 15 is 0 Å². The Labute approximate surface area is 343 Å². The Morgan fingerprint density at radius 1 is 0.586 bits per heavy atom. The van der Waals surface area contributed by atoms with Gasteiger partial charge >= 0.3 is 0 Å². The molecule has 0 bridgehead atoms. The fraction of sp³-hybridized carbons (Fsp3) is 0.480. The highest BCUT2D eigenvalue weighted by Crippen LogP contribution is 2.41. The Hall–Kier alpha value is -4.98. The zero-order chi connectivity index (χ0) is 41.8. The van der Waals surface area contributed by atoms with Crippen molar-refractivity contribution in [3.63, 3.8) is 0 Å². The Kier molecular flexibility index (Phi) is 13.1. The molecular formula is C50H64N4O4. The van der Waals surface area contributed by atoms with Crippen LogP contribution in [0.3, 0.4) is 0 Å². The van der Waals surface area contributed by atoms with E-state index in [1.54, 1.807) is 12.1 Å². The number of aromatic nitrogens is 2. The minimum atomic E-state index is -0.477. The summed E-state index contributed by atoms with van der Waals surface area (Å²) in [6.07, 6.45) is 13.2. The Morgan fingerprint density at radius 2 is 1.09 bits per heavy atom. The van der Waals surface area contributed by atoms with Crippen LogP contribution in [0, 0.1) is 0 Å². The van der Waals surface area contributed by atoms with Crippen LogP contribution in [0.25, 0.3) is 44.0 Å². The molecule has 8 heteroatoms. The summed E-state index contributed by atoms with van der Waals surface area (Å²) in [4.78, 5) is 49.6. The Morgan fingerprint density at radius 3 is 1.64 bits per heavy atom. The van der Waals surface area contributed by atoms with Crippen molar-refractivity contribution in [1.82, 2.24) is 9.13 Å². The summed E-state index contributed by atoms with van der Waals surface area (Å²) in [7, 11) is 0. The molecule has 0 saturated heterocycles. The van der Waals surface area contributed by atoms with Gasteiger partial charge in [0.25, 0.3) is 16.7 Å². The van der Waals surface area contributed by atoms with Crippen LogP contribution in [0.15, 0.2) is 80.0 Å². The normalized spacial score (nSPS) is 12.8. The topological polar surface area (TPSA) is 106 Å². The Bertz CT molecular complexity index is 2540. The van der Waals surface area contributed by atoms with Gasteiger partial charge in [0.1, 0.15) is 0 Å². The molecule has 2 N–H and O–H groups in total. The van der Waals surface area contributed by atoms with Crippen LogP contribution in [0.5, 0.6) is 5.88 Å². The largest absolute Gasteiger partial charge is 0.494 e. The number of pyridine rings is 2. The summed E-state index contributed by atoms with van der Waals surface area (Å²) in [5.74, 6) is -0.241. The SMILES string of the molecule is CCCCCCCCN=c1cc2c(=O)n(-c3ccc(C(C)(C)C)cc3)c(=O)c3c(NCCCCCCCC)cc4c(O)n(-c5ccc(C(C)(C)C)cc5)c(=O)c1c4c3-2. The molecule has 8 nitrogen and oxygen atoms in total. The maximum atomic E-state index is 14.9. The highest BCUT2D eigenvalue weighted by Gasteiger charge is 2.30. The summed E-state index contributed by atoms with van der Waals surface area (Å²) in [5.41, 5.74) is 2.80. The summed E-state index contributed by atoms with van der Waals surface area (Å²) >= 11 is 0. The molecule has 0 fully saturated rings. The number of nitrogens with zero attached hydrogens (tertiary/aromatic N) is 3. The van der Waals surface area contributed by atoms with Gasteiger partial charge in [-0.05, 0) is 71.2 Å². The van der Waals surface area contributed by atoms with Crippen LogP contribution in [0.2, 0.25) is 0 Å². The molecule has 1 aliphatic carbocycles. The lowest BCUT2D eigenvalue weighted by atomic mass is 9.87. The first kappa shape index (κ1) is 42.6. The number of anilines is 1. The molecule has 2 heterocycles. The van der Waals surface area contributed by atoms with E-state index in [-0.39, 0.29) is 16.7 Å². The van der Waals surface area contributed by atoms with Gasteiger partial charge in [0.15, 0.2) is 0 Å². The first-order valence-electron chi connectivity index (χ1n) is 21.8. The first-order chi connectivity index (χ1) is 27.7. The predicted molar refractivity (Wildman–Crippen MR) is 243 cm³/mol. The van der Waals surface area contributed by atoms with Gasteiger partial charge in [-0.25, -0.2) is 9.13 Å². The predicted octanol–water partition coefficient (Wildman–Crippen LogP) is 11.0. The molecular weight excluding hydrogens is 721 g/mol. The van der Waals surface area contributed by atoms with Crippen molar-refractivity contribution >= 4 is 27.2 Å². The van der Waals surface area contributed by atoms with Crippen molar-refractivity contribution in [3.05, 3.63) is 108 Å². The second-order valence-corrected chi connectivity index (χ2v) is 18.3. The molecule has 4 aromatic rings. The van der Waals surface area contributed by atoms with Crippen molar-refractivity contribution in [2.45, 2.75) is 143 Å². The zero-order valence-electron chi connectivity index (χ0n) is 36.2. The molecule has 0 radical (unpaired) electrons. The molecule has 0 spiro atoms. The van der Waals surface area contributed by atoms with Crippen LogP contribution >= 0.6 is 0 Å². The number of benzene rings is 4. The van der Waals surface area contributed by atoms with E-state index < -0.39 is 16.7 Å².